The Morgan fingerprint density at radius 2 is 0.848 bits per heavy atom. The van der Waals surface area contributed by atoms with Gasteiger partial charge in [-0.1, -0.05) is 172 Å². The Bertz CT molecular complexity index is 3270. The van der Waals surface area contributed by atoms with Crippen LogP contribution in [0.25, 0.3) is 33.4 Å². The third kappa shape index (κ3) is 5.73. The van der Waals surface area contributed by atoms with Crippen LogP contribution < -0.4 is 9.80 Å². The predicted molar refractivity (Wildman–Crippen MR) is 275 cm³/mol. The first-order valence-corrected chi connectivity index (χ1v) is 23.9. The second kappa shape index (κ2) is 15.1. The van der Waals surface area contributed by atoms with Crippen LogP contribution in [0.4, 0.5) is 34.1 Å². The minimum Gasteiger partial charge on any atom is -0.310 e. The number of hydrogen-bond donors (Lipinski definition) is 0. The number of para-hydroxylation sites is 2. The average molecular weight is 849 g/mol. The highest BCUT2D eigenvalue weighted by Crippen LogP contribution is 2.69. The second-order valence-electron chi connectivity index (χ2n) is 19.6. The van der Waals surface area contributed by atoms with Gasteiger partial charge in [0.15, 0.2) is 0 Å². The number of rotatable bonds is 8. The molecule has 0 heterocycles. The number of hydrogen-bond acceptors (Lipinski definition) is 2. The Kier molecular flexibility index (Phi) is 8.90. The average Bonchev–Trinajstić information content (AvgIpc) is 4.07. The molecule has 9 aromatic carbocycles. The Hall–Kier alpha value is -7.42. The van der Waals surface area contributed by atoms with Gasteiger partial charge in [0.25, 0.3) is 0 Å². The summed E-state index contributed by atoms with van der Waals surface area (Å²) in [5.74, 6) is 1.01. The molecule has 0 bridgehead atoms. The van der Waals surface area contributed by atoms with Gasteiger partial charge in [-0.05, 0) is 165 Å². The van der Waals surface area contributed by atoms with Crippen molar-refractivity contribution in [3.8, 4) is 33.4 Å². The molecule has 3 unspecified atom stereocenters. The van der Waals surface area contributed by atoms with Crippen LogP contribution in [0.2, 0.25) is 0 Å². The van der Waals surface area contributed by atoms with Crippen molar-refractivity contribution in [2.24, 2.45) is 11.8 Å². The van der Waals surface area contributed by atoms with Crippen molar-refractivity contribution in [1.82, 2.24) is 0 Å². The lowest BCUT2D eigenvalue weighted by Gasteiger charge is -2.40. The smallest absolute Gasteiger partial charge is 0.0505 e. The van der Waals surface area contributed by atoms with Crippen molar-refractivity contribution >= 4 is 34.1 Å². The summed E-state index contributed by atoms with van der Waals surface area (Å²) in [7, 11) is 0. The van der Waals surface area contributed by atoms with Crippen LogP contribution in [0.15, 0.2) is 218 Å². The number of benzene rings is 9. The van der Waals surface area contributed by atoms with Crippen molar-refractivity contribution in [2.45, 2.75) is 50.4 Å². The quantitative estimate of drug-likeness (QED) is 0.150. The van der Waals surface area contributed by atoms with Gasteiger partial charge in [-0.15, -0.1) is 0 Å². The molecule has 1 spiro atoms. The molecule has 0 aromatic heterocycles. The number of anilines is 6. The Balaban J connectivity index is 1.05. The summed E-state index contributed by atoms with van der Waals surface area (Å²) < 4.78 is 0. The predicted octanol–water partition coefficient (Wildman–Crippen LogP) is 16.7. The van der Waals surface area contributed by atoms with Crippen LogP contribution >= 0.6 is 0 Å². The van der Waals surface area contributed by atoms with E-state index in [-0.39, 0.29) is 10.8 Å². The zero-order valence-corrected chi connectivity index (χ0v) is 37.7. The zero-order chi connectivity index (χ0) is 44.0. The topological polar surface area (TPSA) is 6.48 Å². The molecule has 0 amide bonds. The summed E-state index contributed by atoms with van der Waals surface area (Å²) in [5, 5.41) is 0. The lowest BCUT2D eigenvalue weighted by molar-refractivity contribution is 0.350. The van der Waals surface area contributed by atoms with Gasteiger partial charge in [0.05, 0.1) is 11.4 Å². The largest absolute Gasteiger partial charge is 0.310 e. The molecule has 0 saturated heterocycles. The summed E-state index contributed by atoms with van der Waals surface area (Å²) in [4.78, 5) is 5.19. The molecule has 0 radical (unpaired) electrons. The van der Waals surface area contributed by atoms with Crippen LogP contribution in [0.3, 0.4) is 0 Å². The van der Waals surface area contributed by atoms with E-state index in [1.54, 1.807) is 0 Å². The number of fused-ring (bicyclic) bond motifs is 5. The monoisotopic (exact) mass is 848 g/mol. The standard InChI is InChI=1S/C64H52N2/c1-63(2)56-30-16-15-29-54(56)60-55(45-21-9-4-10-22-45)41-53(42-57(60)63)66(51-27-13-6-14-28-51)59-32-18-24-47-40-49-36-35-48-39-46-23-17-31-58(61(46)64(48,49)62(47)59)65(50-25-11-5-12-26-50)52-37-33-44(34-38-52)43-19-7-3-8-20-43/h3-34,37-38,41-42,48-49H,35-36,39-40H2,1-2H3. The molecule has 9 aromatic rings. The minimum atomic E-state index is -0.174. The van der Waals surface area contributed by atoms with Gasteiger partial charge in [-0.25, -0.2) is 0 Å². The lowest BCUT2D eigenvalue weighted by atomic mass is 9.68. The van der Waals surface area contributed by atoms with Crippen molar-refractivity contribution < 1.29 is 0 Å². The lowest BCUT2D eigenvalue weighted by Crippen LogP contribution is -2.34. The fraction of sp³-hybridized carbons (Fsp3) is 0.156. The van der Waals surface area contributed by atoms with Gasteiger partial charge < -0.3 is 9.80 Å². The first-order chi connectivity index (χ1) is 32.5. The van der Waals surface area contributed by atoms with Gasteiger partial charge in [0.1, 0.15) is 0 Å². The first kappa shape index (κ1) is 39.0. The normalized spacial score (nSPS) is 19.0. The summed E-state index contributed by atoms with van der Waals surface area (Å²) in [5.41, 5.74) is 23.6. The molecule has 318 valence electrons. The van der Waals surface area contributed by atoms with Crippen LogP contribution in [0.1, 0.15) is 60.1 Å². The molecular weight excluding hydrogens is 797 g/mol. The molecular formula is C64H52N2. The molecule has 4 aliphatic rings. The fourth-order valence-corrected chi connectivity index (χ4v) is 13.2. The molecule has 1 saturated carbocycles. The molecule has 2 nitrogen and oxygen atoms in total. The van der Waals surface area contributed by atoms with Crippen molar-refractivity contribution in [2.75, 3.05) is 9.80 Å². The molecule has 4 aliphatic carbocycles. The maximum absolute atomic E-state index is 2.63. The fourth-order valence-electron chi connectivity index (χ4n) is 13.2. The summed E-state index contributed by atoms with van der Waals surface area (Å²) >= 11 is 0. The highest BCUT2D eigenvalue weighted by Gasteiger charge is 2.62. The van der Waals surface area contributed by atoms with E-state index in [0.717, 1.165) is 12.8 Å². The minimum absolute atomic E-state index is 0.156. The SMILES string of the molecule is CC1(C)c2ccccc2-c2c(-c3ccccc3)cc(N(c3ccccc3)c3cccc4c3C35c6c(cccc6N(c6ccccc6)c6ccc(-c7ccccc7)cc6)CC3CCC5C4)cc21. The molecule has 66 heavy (non-hydrogen) atoms. The maximum atomic E-state index is 2.63. The third-order valence-electron chi connectivity index (χ3n) is 15.9. The van der Waals surface area contributed by atoms with Crippen LogP contribution in [0, 0.1) is 11.8 Å². The van der Waals surface area contributed by atoms with E-state index in [4.69, 9.17) is 0 Å². The van der Waals surface area contributed by atoms with Crippen LogP contribution in [-0.4, -0.2) is 0 Å². The highest BCUT2D eigenvalue weighted by atomic mass is 15.2. The Morgan fingerprint density at radius 3 is 1.42 bits per heavy atom. The van der Waals surface area contributed by atoms with Gasteiger partial charge in [0.2, 0.25) is 0 Å². The molecule has 0 aliphatic heterocycles. The summed E-state index contributed by atoms with van der Waals surface area (Å²) in [6.07, 6.45) is 4.66. The second-order valence-corrected chi connectivity index (χ2v) is 19.6. The van der Waals surface area contributed by atoms with E-state index < -0.39 is 0 Å². The molecule has 3 atom stereocenters. The summed E-state index contributed by atoms with van der Waals surface area (Å²) in [6, 6.07) is 81.9. The van der Waals surface area contributed by atoms with Gasteiger partial charge in [-0.3, -0.25) is 0 Å². The summed E-state index contributed by atoms with van der Waals surface area (Å²) in [6.45, 7) is 4.83. The Morgan fingerprint density at radius 1 is 0.379 bits per heavy atom. The van der Waals surface area contributed by atoms with Crippen LogP contribution in [-0.2, 0) is 23.7 Å². The van der Waals surface area contributed by atoms with Crippen molar-refractivity contribution in [3.05, 3.63) is 252 Å². The van der Waals surface area contributed by atoms with Gasteiger partial charge >= 0.3 is 0 Å². The van der Waals surface area contributed by atoms with Crippen molar-refractivity contribution in [1.29, 1.82) is 0 Å². The van der Waals surface area contributed by atoms with E-state index in [1.807, 2.05) is 0 Å². The number of nitrogens with zero attached hydrogens (tertiary/aromatic N) is 2. The van der Waals surface area contributed by atoms with E-state index in [9.17, 15) is 0 Å². The molecule has 2 heteroatoms. The maximum Gasteiger partial charge on any atom is 0.0505 e. The Labute approximate surface area is 389 Å². The van der Waals surface area contributed by atoms with E-state index in [1.165, 1.54) is 114 Å². The van der Waals surface area contributed by atoms with Crippen LogP contribution in [0.5, 0.6) is 0 Å². The zero-order valence-electron chi connectivity index (χ0n) is 37.7. The van der Waals surface area contributed by atoms with Crippen molar-refractivity contribution in [3.63, 3.8) is 0 Å². The van der Waals surface area contributed by atoms with E-state index in [2.05, 4.69) is 242 Å². The highest BCUT2D eigenvalue weighted by molar-refractivity contribution is 5.97. The van der Waals surface area contributed by atoms with Gasteiger partial charge in [0, 0.05) is 33.6 Å². The van der Waals surface area contributed by atoms with Gasteiger partial charge in [-0.2, -0.15) is 0 Å². The molecule has 1 fully saturated rings. The van der Waals surface area contributed by atoms with E-state index in [0.29, 0.717) is 11.8 Å². The molecule has 13 rings (SSSR count). The van der Waals surface area contributed by atoms with E-state index >= 15 is 0 Å². The molecule has 0 N–H and O–H groups in total. The first-order valence-electron chi connectivity index (χ1n) is 23.9. The third-order valence-corrected chi connectivity index (χ3v) is 15.9.